The molecule has 2 aromatic carbocycles. The number of hydrogen-bond acceptors (Lipinski definition) is 8. The molecule has 3 aromatic rings. The summed E-state index contributed by atoms with van der Waals surface area (Å²) in [6.45, 7) is 4.34. The van der Waals surface area contributed by atoms with E-state index in [4.69, 9.17) is 28.7 Å². The van der Waals surface area contributed by atoms with Gasteiger partial charge in [0.25, 0.3) is 5.91 Å². The van der Waals surface area contributed by atoms with E-state index in [1.165, 1.54) is 0 Å². The first kappa shape index (κ1) is 26.1. The van der Waals surface area contributed by atoms with Crippen LogP contribution in [0.4, 0.5) is 5.82 Å². The smallest absolute Gasteiger partial charge is 0.258 e. The third-order valence-corrected chi connectivity index (χ3v) is 7.13. The lowest BCUT2D eigenvalue weighted by molar-refractivity contribution is 0.0504. The molecule has 0 unspecified atom stereocenters. The molecule has 9 heteroatoms. The van der Waals surface area contributed by atoms with Crippen LogP contribution in [0.25, 0.3) is 10.9 Å². The molecule has 0 saturated carbocycles. The van der Waals surface area contributed by atoms with E-state index in [1.54, 1.807) is 39.5 Å². The molecule has 2 aliphatic heterocycles. The SMILES string of the molecule is COc1ccc(C(=O)N(Cc2cc3ccc(OC)cc3nc2N2CCOCC2)C[C@@H]2CCCO2)c(OC)c1. The van der Waals surface area contributed by atoms with Crippen molar-refractivity contribution in [3.63, 3.8) is 0 Å². The van der Waals surface area contributed by atoms with Crippen LogP contribution in [0.15, 0.2) is 42.5 Å². The van der Waals surface area contributed by atoms with Crippen molar-refractivity contribution in [2.45, 2.75) is 25.5 Å². The van der Waals surface area contributed by atoms with Crippen LogP contribution in [-0.4, -0.2) is 82.7 Å². The standard InChI is InChI=1S/C29H35N3O6/c1-34-22-7-6-20-15-21(28(30-26(20)16-22)31-10-13-37-14-11-31)18-32(19-24-5-4-12-38-24)29(33)25-9-8-23(35-2)17-27(25)36-3/h6-9,15-17,24H,4-5,10-14,18-19H2,1-3H3/t24-/m0/s1. The fourth-order valence-corrected chi connectivity index (χ4v) is 5.08. The second-order valence-corrected chi connectivity index (χ2v) is 9.52. The summed E-state index contributed by atoms with van der Waals surface area (Å²) >= 11 is 0. The van der Waals surface area contributed by atoms with E-state index in [2.05, 4.69) is 11.0 Å². The number of morpholine rings is 1. The van der Waals surface area contributed by atoms with Gasteiger partial charge < -0.3 is 33.5 Å². The number of pyridine rings is 1. The van der Waals surface area contributed by atoms with Gasteiger partial charge >= 0.3 is 0 Å². The van der Waals surface area contributed by atoms with Gasteiger partial charge in [-0.25, -0.2) is 4.98 Å². The van der Waals surface area contributed by atoms with Crippen molar-refractivity contribution in [3.8, 4) is 17.2 Å². The van der Waals surface area contributed by atoms with Gasteiger partial charge in [-0.1, -0.05) is 0 Å². The number of hydrogen-bond donors (Lipinski definition) is 0. The quantitative estimate of drug-likeness (QED) is 0.419. The van der Waals surface area contributed by atoms with Crippen LogP contribution in [0.3, 0.4) is 0 Å². The van der Waals surface area contributed by atoms with E-state index in [9.17, 15) is 4.79 Å². The Morgan fingerprint density at radius 3 is 2.47 bits per heavy atom. The number of carbonyl (C=O) groups excluding carboxylic acids is 1. The molecule has 9 nitrogen and oxygen atoms in total. The molecule has 0 spiro atoms. The number of methoxy groups -OCH3 is 3. The number of aromatic nitrogens is 1. The van der Waals surface area contributed by atoms with Gasteiger partial charge in [-0.3, -0.25) is 4.79 Å². The molecule has 0 N–H and O–H groups in total. The van der Waals surface area contributed by atoms with Crippen molar-refractivity contribution in [2.75, 3.05) is 65.7 Å². The minimum Gasteiger partial charge on any atom is -0.497 e. The third kappa shape index (κ3) is 5.63. The molecule has 1 atom stereocenters. The summed E-state index contributed by atoms with van der Waals surface area (Å²) in [6, 6.07) is 13.3. The largest absolute Gasteiger partial charge is 0.497 e. The van der Waals surface area contributed by atoms with E-state index in [-0.39, 0.29) is 12.0 Å². The maximum Gasteiger partial charge on any atom is 0.258 e. The Morgan fingerprint density at radius 1 is 1.00 bits per heavy atom. The van der Waals surface area contributed by atoms with Crippen LogP contribution in [0.2, 0.25) is 0 Å². The molecular formula is C29H35N3O6. The van der Waals surface area contributed by atoms with Crippen LogP contribution in [0.5, 0.6) is 17.2 Å². The Bertz CT molecular complexity index is 1270. The van der Waals surface area contributed by atoms with E-state index in [0.29, 0.717) is 43.4 Å². The minimum absolute atomic E-state index is 0.00675. The molecule has 0 aliphatic carbocycles. The van der Waals surface area contributed by atoms with Crippen molar-refractivity contribution >= 4 is 22.6 Å². The number of rotatable bonds is 9. The van der Waals surface area contributed by atoms with E-state index < -0.39 is 0 Å². The second-order valence-electron chi connectivity index (χ2n) is 9.52. The maximum absolute atomic E-state index is 14.0. The summed E-state index contributed by atoms with van der Waals surface area (Å²) in [5.41, 5.74) is 2.31. The predicted octanol–water partition coefficient (Wildman–Crippen LogP) is 3.92. The van der Waals surface area contributed by atoms with Gasteiger partial charge in [-0.15, -0.1) is 0 Å². The predicted molar refractivity (Wildman–Crippen MR) is 145 cm³/mol. The summed E-state index contributed by atoms with van der Waals surface area (Å²) in [6.07, 6.45) is 1.92. The lowest BCUT2D eigenvalue weighted by Gasteiger charge is -2.32. The Morgan fingerprint density at radius 2 is 1.76 bits per heavy atom. The lowest BCUT2D eigenvalue weighted by atomic mass is 10.1. The number of fused-ring (bicyclic) bond motifs is 1. The fourth-order valence-electron chi connectivity index (χ4n) is 5.08. The normalized spacial score (nSPS) is 17.4. The zero-order valence-corrected chi connectivity index (χ0v) is 22.3. The van der Waals surface area contributed by atoms with Crippen molar-refractivity contribution in [2.24, 2.45) is 0 Å². The number of carbonyl (C=O) groups is 1. The van der Waals surface area contributed by atoms with Gasteiger partial charge in [0.05, 0.1) is 51.7 Å². The summed E-state index contributed by atoms with van der Waals surface area (Å²) in [4.78, 5) is 23.2. The van der Waals surface area contributed by atoms with Crippen LogP contribution in [0.1, 0.15) is 28.8 Å². The topological polar surface area (TPSA) is 82.6 Å². The molecule has 2 fully saturated rings. The summed E-state index contributed by atoms with van der Waals surface area (Å²) in [5.74, 6) is 2.60. The Labute approximate surface area is 223 Å². The van der Waals surface area contributed by atoms with Gasteiger partial charge in [-0.2, -0.15) is 0 Å². The molecule has 2 aliphatic rings. The molecule has 1 amide bonds. The summed E-state index contributed by atoms with van der Waals surface area (Å²) < 4.78 is 27.9. The average molecular weight is 522 g/mol. The van der Waals surface area contributed by atoms with Crippen molar-refractivity contribution in [1.29, 1.82) is 0 Å². The number of benzene rings is 2. The molecule has 0 bridgehead atoms. The van der Waals surface area contributed by atoms with Crippen molar-refractivity contribution in [3.05, 3.63) is 53.6 Å². The van der Waals surface area contributed by atoms with Gasteiger partial charge in [-0.05, 0) is 43.2 Å². The first-order valence-electron chi connectivity index (χ1n) is 13.0. The Hall–Kier alpha value is -3.56. The molecule has 1 aromatic heterocycles. The van der Waals surface area contributed by atoms with Crippen LogP contribution >= 0.6 is 0 Å². The van der Waals surface area contributed by atoms with Gasteiger partial charge in [0.15, 0.2) is 0 Å². The van der Waals surface area contributed by atoms with Gasteiger partial charge in [0.2, 0.25) is 0 Å². The molecule has 3 heterocycles. The van der Waals surface area contributed by atoms with Crippen molar-refractivity contribution < 1.29 is 28.5 Å². The fraction of sp³-hybridized carbons (Fsp3) is 0.448. The average Bonchev–Trinajstić information content (AvgIpc) is 3.49. The molecule has 202 valence electrons. The van der Waals surface area contributed by atoms with Gasteiger partial charge in [0, 0.05) is 55.9 Å². The first-order valence-corrected chi connectivity index (χ1v) is 13.0. The molecular weight excluding hydrogens is 486 g/mol. The maximum atomic E-state index is 14.0. The van der Waals surface area contributed by atoms with Crippen molar-refractivity contribution in [1.82, 2.24) is 9.88 Å². The van der Waals surface area contributed by atoms with Gasteiger partial charge in [0.1, 0.15) is 23.1 Å². The van der Waals surface area contributed by atoms with E-state index in [1.807, 2.05) is 23.1 Å². The highest BCUT2D eigenvalue weighted by Gasteiger charge is 2.28. The van der Waals surface area contributed by atoms with Crippen LogP contribution in [-0.2, 0) is 16.0 Å². The Kier molecular flexibility index (Phi) is 8.14. The van der Waals surface area contributed by atoms with E-state index in [0.717, 1.165) is 60.6 Å². The molecule has 2 saturated heterocycles. The number of ether oxygens (including phenoxy) is 5. The molecule has 0 radical (unpaired) electrons. The summed E-state index contributed by atoms with van der Waals surface area (Å²) in [7, 11) is 4.81. The zero-order chi connectivity index (χ0) is 26.5. The van der Waals surface area contributed by atoms with Crippen LogP contribution < -0.4 is 19.1 Å². The third-order valence-electron chi connectivity index (χ3n) is 7.13. The highest BCUT2D eigenvalue weighted by atomic mass is 16.5. The number of anilines is 1. The number of amides is 1. The zero-order valence-electron chi connectivity index (χ0n) is 22.3. The summed E-state index contributed by atoms with van der Waals surface area (Å²) in [5, 5.41) is 0.990. The monoisotopic (exact) mass is 521 g/mol. The lowest BCUT2D eigenvalue weighted by Crippen LogP contribution is -2.40. The highest BCUT2D eigenvalue weighted by molar-refractivity contribution is 5.97. The van der Waals surface area contributed by atoms with Crippen LogP contribution in [0, 0.1) is 0 Å². The minimum atomic E-state index is -0.122. The Balaban J connectivity index is 1.54. The molecule has 5 rings (SSSR count). The second kappa shape index (κ2) is 11.9. The van der Waals surface area contributed by atoms with E-state index >= 15 is 0 Å². The number of nitrogens with zero attached hydrogens (tertiary/aromatic N) is 3. The first-order chi connectivity index (χ1) is 18.6. The molecule has 38 heavy (non-hydrogen) atoms. The highest BCUT2D eigenvalue weighted by Crippen LogP contribution is 2.31.